The fraction of sp³-hybridized carbons (Fsp3) is 0.240. The zero-order valence-corrected chi connectivity index (χ0v) is 18.3. The van der Waals surface area contributed by atoms with E-state index in [1.807, 2.05) is 42.0 Å². The highest BCUT2D eigenvalue weighted by atomic mass is 16.2. The van der Waals surface area contributed by atoms with Gasteiger partial charge in [0.05, 0.1) is 11.7 Å². The molecule has 7 heteroatoms. The minimum absolute atomic E-state index is 0.123. The fourth-order valence-corrected chi connectivity index (χ4v) is 4.47. The van der Waals surface area contributed by atoms with Crippen molar-refractivity contribution in [2.24, 2.45) is 7.05 Å². The normalized spacial score (nSPS) is 12.6. The molecule has 162 valence electrons. The molecule has 5 aromatic rings. The Labute approximate surface area is 184 Å². The van der Waals surface area contributed by atoms with Crippen molar-refractivity contribution in [2.45, 2.75) is 26.3 Å². The summed E-state index contributed by atoms with van der Waals surface area (Å²) in [6.45, 7) is 4.42. The van der Waals surface area contributed by atoms with Crippen LogP contribution in [0.1, 0.15) is 24.1 Å². The van der Waals surface area contributed by atoms with Gasteiger partial charge in [0.15, 0.2) is 0 Å². The summed E-state index contributed by atoms with van der Waals surface area (Å²) >= 11 is 0. The quantitative estimate of drug-likeness (QED) is 0.449. The molecule has 0 unspecified atom stereocenters. The molecule has 2 aromatic carbocycles. The van der Waals surface area contributed by atoms with E-state index < -0.39 is 6.04 Å². The van der Waals surface area contributed by atoms with Crippen LogP contribution in [0, 0.1) is 6.92 Å². The Hall–Kier alpha value is -3.87. The maximum Gasteiger partial charge on any atom is 0.291 e. The summed E-state index contributed by atoms with van der Waals surface area (Å²) in [4.78, 5) is 29.3. The van der Waals surface area contributed by atoms with Crippen molar-refractivity contribution in [2.75, 3.05) is 6.54 Å². The maximum atomic E-state index is 13.1. The summed E-state index contributed by atoms with van der Waals surface area (Å²) < 4.78 is 3.14. The van der Waals surface area contributed by atoms with Gasteiger partial charge in [-0.25, -0.2) is 4.68 Å². The summed E-state index contributed by atoms with van der Waals surface area (Å²) in [6.07, 6.45) is 4.42. The lowest BCUT2D eigenvalue weighted by molar-refractivity contribution is -0.123. The van der Waals surface area contributed by atoms with Crippen molar-refractivity contribution >= 4 is 38.6 Å². The lowest BCUT2D eigenvalue weighted by Crippen LogP contribution is -2.33. The summed E-state index contributed by atoms with van der Waals surface area (Å²) in [6, 6.07) is 13.5. The maximum absolute atomic E-state index is 13.1. The lowest BCUT2D eigenvalue weighted by atomic mass is 10.1. The smallest absolute Gasteiger partial charge is 0.291 e. The Morgan fingerprint density at radius 2 is 1.97 bits per heavy atom. The van der Waals surface area contributed by atoms with Gasteiger partial charge in [-0.15, -0.1) is 0 Å². The Bertz CT molecular complexity index is 1540. The van der Waals surface area contributed by atoms with Gasteiger partial charge < -0.3 is 14.9 Å². The average molecular weight is 428 g/mol. The SMILES string of the molecule is Cc1ccc2[nH]cc(CCNC(=O)[C@@H](C)n3c4ccccc4c4cnn(C)c(=O)c43)c2c1. The van der Waals surface area contributed by atoms with Crippen molar-refractivity contribution in [1.29, 1.82) is 0 Å². The molecule has 0 saturated carbocycles. The number of nitrogens with zero attached hydrogens (tertiary/aromatic N) is 3. The van der Waals surface area contributed by atoms with Gasteiger partial charge in [-0.3, -0.25) is 9.59 Å². The Morgan fingerprint density at radius 1 is 1.16 bits per heavy atom. The highest BCUT2D eigenvalue weighted by Crippen LogP contribution is 2.29. The van der Waals surface area contributed by atoms with E-state index in [9.17, 15) is 9.59 Å². The van der Waals surface area contributed by atoms with Crippen molar-refractivity contribution in [3.05, 3.63) is 76.3 Å². The Balaban J connectivity index is 1.43. The van der Waals surface area contributed by atoms with Crippen molar-refractivity contribution in [1.82, 2.24) is 24.6 Å². The van der Waals surface area contributed by atoms with Gasteiger partial charge in [-0.1, -0.05) is 29.8 Å². The van der Waals surface area contributed by atoms with Crippen LogP contribution < -0.4 is 10.9 Å². The number of aromatic amines is 1. The van der Waals surface area contributed by atoms with Crippen molar-refractivity contribution < 1.29 is 4.79 Å². The molecule has 0 aliphatic carbocycles. The molecule has 2 N–H and O–H groups in total. The predicted molar refractivity (Wildman–Crippen MR) is 127 cm³/mol. The zero-order valence-electron chi connectivity index (χ0n) is 18.3. The van der Waals surface area contributed by atoms with E-state index in [0.717, 1.165) is 28.2 Å². The van der Waals surface area contributed by atoms with Crippen LogP contribution in [-0.4, -0.2) is 31.8 Å². The molecule has 0 saturated heterocycles. The number of carbonyl (C=O) groups is 1. The van der Waals surface area contributed by atoms with Crippen LogP contribution in [0.4, 0.5) is 0 Å². The van der Waals surface area contributed by atoms with E-state index in [2.05, 4.69) is 40.5 Å². The molecular weight excluding hydrogens is 402 g/mol. The van der Waals surface area contributed by atoms with E-state index in [1.54, 1.807) is 13.2 Å². The molecule has 3 heterocycles. The summed E-state index contributed by atoms with van der Waals surface area (Å²) in [5, 5.41) is 10.1. The monoisotopic (exact) mass is 427 g/mol. The molecule has 32 heavy (non-hydrogen) atoms. The van der Waals surface area contributed by atoms with E-state index >= 15 is 0 Å². The van der Waals surface area contributed by atoms with Gasteiger partial charge in [0.1, 0.15) is 11.6 Å². The van der Waals surface area contributed by atoms with Crippen LogP contribution in [0.5, 0.6) is 0 Å². The van der Waals surface area contributed by atoms with Crippen LogP contribution in [0.15, 0.2) is 59.7 Å². The second kappa shape index (κ2) is 7.67. The molecule has 0 bridgehead atoms. The number of fused-ring (bicyclic) bond motifs is 4. The summed E-state index contributed by atoms with van der Waals surface area (Å²) in [5.41, 5.74) is 4.61. The first-order chi connectivity index (χ1) is 15.5. The first-order valence-electron chi connectivity index (χ1n) is 10.7. The fourth-order valence-electron chi connectivity index (χ4n) is 4.47. The summed E-state index contributed by atoms with van der Waals surface area (Å²) in [7, 11) is 1.62. The average Bonchev–Trinajstić information content (AvgIpc) is 3.34. The first-order valence-corrected chi connectivity index (χ1v) is 10.7. The number of carbonyl (C=O) groups excluding carboxylic acids is 1. The van der Waals surface area contributed by atoms with E-state index in [-0.39, 0.29) is 11.5 Å². The summed E-state index contributed by atoms with van der Waals surface area (Å²) in [5.74, 6) is -0.123. The number of amides is 1. The van der Waals surface area contributed by atoms with Crippen molar-refractivity contribution in [3.8, 4) is 0 Å². The van der Waals surface area contributed by atoms with E-state index in [0.29, 0.717) is 12.1 Å². The van der Waals surface area contributed by atoms with Gasteiger partial charge in [0.2, 0.25) is 5.91 Å². The largest absolute Gasteiger partial charge is 0.361 e. The van der Waals surface area contributed by atoms with Crippen LogP contribution in [-0.2, 0) is 18.3 Å². The second-order valence-corrected chi connectivity index (χ2v) is 8.30. The molecule has 0 aliphatic rings. The van der Waals surface area contributed by atoms with Crippen LogP contribution in [0.2, 0.25) is 0 Å². The van der Waals surface area contributed by atoms with Gasteiger partial charge in [-0.05, 0) is 44.0 Å². The number of nitrogens with one attached hydrogen (secondary N) is 2. The Morgan fingerprint density at radius 3 is 2.81 bits per heavy atom. The van der Waals surface area contributed by atoms with Crippen LogP contribution in [0.3, 0.4) is 0 Å². The minimum Gasteiger partial charge on any atom is -0.361 e. The number of hydrogen-bond acceptors (Lipinski definition) is 3. The molecule has 7 nitrogen and oxygen atoms in total. The highest BCUT2D eigenvalue weighted by molar-refractivity contribution is 6.08. The second-order valence-electron chi connectivity index (χ2n) is 8.30. The van der Waals surface area contributed by atoms with Gasteiger partial charge in [-0.2, -0.15) is 5.10 Å². The highest BCUT2D eigenvalue weighted by Gasteiger charge is 2.23. The van der Waals surface area contributed by atoms with Gasteiger partial charge in [0.25, 0.3) is 5.56 Å². The number of rotatable bonds is 5. The van der Waals surface area contributed by atoms with E-state index in [1.165, 1.54) is 21.2 Å². The number of benzene rings is 2. The molecule has 0 radical (unpaired) electrons. The predicted octanol–water partition coefficient (Wildman–Crippen LogP) is 3.60. The molecule has 0 fully saturated rings. The number of aromatic nitrogens is 4. The lowest BCUT2D eigenvalue weighted by Gasteiger charge is -2.16. The molecule has 0 aliphatic heterocycles. The third-order valence-electron chi connectivity index (χ3n) is 6.19. The zero-order chi connectivity index (χ0) is 22.4. The molecule has 3 aromatic heterocycles. The Kier molecular flexibility index (Phi) is 4.81. The molecular formula is C25H25N5O2. The topological polar surface area (TPSA) is 84.7 Å². The van der Waals surface area contributed by atoms with Crippen molar-refractivity contribution in [3.63, 3.8) is 0 Å². The van der Waals surface area contributed by atoms with Gasteiger partial charge >= 0.3 is 0 Å². The number of hydrogen-bond donors (Lipinski definition) is 2. The molecule has 1 atom stereocenters. The minimum atomic E-state index is -0.544. The molecule has 1 amide bonds. The van der Waals surface area contributed by atoms with E-state index in [4.69, 9.17) is 0 Å². The van der Waals surface area contributed by atoms with Crippen LogP contribution >= 0.6 is 0 Å². The first kappa shape index (κ1) is 20.1. The standard InChI is InChI=1S/C25H25N5O2/c1-15-8-9-21-19(12-15)17(13-27-21)10-11-26-24(31)16(2)30-22-7-5-4-6-18(22)20-14-28-29(3)25(32)23(20)30/h4-9,12-14,16,27H,10-11H2,1-3H3,(H,26,31)/t16-/m1/s1. The number of aryl methyl sites for hydroxylation is 2. The molecule has 5 rings (SSSR count). The molecule has 0 spiro atoms. The third-order valence-corrected chi connectivity index (χ3v) is 6.19. The van der Waals surface area contributed by atoms with Crippen LogP contribution in [0.25, 0.3) is 32.7 Å². The van der Waals surface area contributed by atoms with Gasteiger partial charge in [0, 0.05) is 41.5 Å². The third kappa shape index (κ3) is 3.17. The number of para-hydroxylation sites is 1. The number of H-pyrrole nitrogens is 1.